The van der Waals surface area contributed by atoms with E-state index in [-0.39, 0.29) is 11.8 Å². The summed E-state index contributed by atoms with van der Waals surface area (Å²) >= 11 is 0. The molecule has 27 heavy (non-hydrogen) atoms. The number of benzene rings is 1. The van der Waals surface area contributed by atoms with Gasteiger partial charge in [0, 0.05) is 43.2 Å². The maximum atomic E-state index is 12.0. The summed E-state index contributed by atoms with van der Waals surface area (Å²) in [5.74, 6) is 0.505. The Morgan fingerprint density at radius 3 is 2.74 bits per heavy atom. The number of H-pyrrole nitrogens is 1. The van der Waals surface area contributed by atoms with E-state index in [1.165, 1.54) is 6.92 Å². The fourth-order valence-corrected chi connectivity index (χ4v) is 3.05. The van der Waals surface area contributed by atoms with Crippen molar-refractivity contribution in [1.82, 2.24) is 20.6 Å². The second-order valence-corrected chi connectivity index (χ2v) is 6.13. The summed E-state index contributed by atoms with van der Waals surface area (Å²) in [5, 5.41) is 6.45. The van der Waals surface area contributed by atoms with Crippen molar-refractivity contribution in [3.05, 3.63) is 47.7 Å². The first kappa shape index (κ1) is 18.4. The minimum atomic E-state index is -0.170. The molecule has 3 aromatic rings. The number of hydrogen-bond donors (Lipinski definition) is 3. The molecule has 0 radical (unpaired) electrons. The van der Waals surface area contributed by atoms with Crippen LogP contribution in [0.2, 0.25) is 0 Å². The lowest BCUT2D eigenvalue weighted by Gasteiger charge is -2.07. The van der Waals surface area contributed by atoms with E-state index in [2.05, 4.69) is 20.6 Å². The smallest absolute Gasteiger partial charge is 0.251 e. The summed E-state index contributed by atoms with van der Waals surface area (Å²) in [5.41, 5.74) is 3.99. The molecule has 0 saturated carbocycles. The molecule has 2 amide bonds. The molecular weight excluding hydrogens is 344 g/mol. The van der Waals surface area contributed by atoms with Gasteiger partial charge in [0.25, 0.3) is 5.91 Å². The molecule has 0 atom stereocenters. The molecule has 0 unspecified atom stereocenters. The lowest BCUT2D eigenvalue weighted by molar-refractivity contribution is -0.118. The van der Waals surface area contributed by atoms with Gasteiger partial charge in [0.15, 0.2) is 0 Å². The van der Waals surface area contributed by atoms with Crippen molar-refractivity contribution < 1.29 is 14.3 Å². The van der Waals surface area contributed by atoms with E-state index in [0.29, 0.717) is 24.2 Å². The lowest BCUT2D eigenvalue weighted by atomic mass is 10.0. The predicted molar refractivity (Wildman–Crippen MR) is 104 cm³/mol. The van der Waals surface area contributed by atoms with Crippen LogP contribution in [0.3, 0.4) is 0 Å². The number of methoxy groups -OCH3 is 1. The number of pyridine rings is 1. The van der Waals surface area contributed by atoms with Crippen LogP contribution in [0.4, 0.5) is 0 Å². The van der Waals surface area contributed by atoms with Crippen LogP contribution in [0.15, 0.2) is 36.5 Å². The average Bonchev–Trinajstić information content (AvgIpc) is 3.05. The minimum Gasteiger partial charge on any atom is -0.497 e. The summed E-state index contributed by atoms with van der Waals surface area (Å²) in [6.45, 7) is 2.00. The van der Waals surface area contributed by atoms with E-state index in [1.54, 1.807) is 32.5 Å². The molecule has 2 heterocycles. The van der Waals surface area contributed by atoms with Crippen LogP contribution >= 0.6 is 0 Å². The number of nitrogens with zero attached hydrogens (tertiary/aromatic N) is 1. The van der Waals surface area contributed by atoms with Gasteiger partial charge in [-0.25, -0.2) is 0 Å². The highest BCUT2D eigenvalue weighted by molar-refractivity contribution is 5.96. The average molecular weight is 366 g/mol. The summed E-state index contributed by atoms with van der Waals surface area (Å²) in [6, 6.07) is 9.21. The largest absolute Gasteiger partial charge is 0.497 e. The van der Waals surface area contributed by atoms with Gasteiger partial charge in [0.05, 0.1) is 18.5 Å². The monoisotopic (exact) mass is 366 g/mol. The number of hydrogen-bond acceptors (Lipinski definition) is 4. The Balaban J connectivity index is 2.10. The molecule has 0 saturated heterocycles. The highest BCUT2D eigenvalue weighted by Crippen LogP contribution is 2.32. The van der Waals surface area contributed by atoms with Crippen molar-refractivity contribution in [2.24, 2.45) is 0 Å². The molecule has 2 aromatic heterocycles. The summed E-state index contributed by atoms with van der Waals surface area (Å²) in [4.78, 5) is 31.0. The van der Waals surface area contributed by atoms with E-state index < -0.39 is 0 Å². The first-order chi connectivity index (χ1) is 13.0. The van der Waals surface area contributed by atoms with Gasteiger partial charge in [-0.15, -0.1) is 0 Å². The van der Waals surface area contributed by atoms with E-state index in [4.69, 9.17) is 4.74 Å². The van der Waals surface area contributed by atoms with E-state index in [9.17, 15) is 9.59 Å². The Morgan fingerprint density at radius 2 is 2.04 bits per heavy atom. The first-order valence-corrected chi connectivity index (χ1v) is 8.65. The molecule has 0 aliphatic rings. The van der Waals surface area contributed by atoms with Gasteiger partial charge in [-0.1, -0.05) is 0 Å². The number of nitrogens with one attached hydrogen (secondary N) is 3. The Hall–Kier alpha value is -3.35. The van der Waals surface area contributed by atoms with Crippen molar-refractivity contribution in [1.29, 1.82) is 0 Å². The molecule has 140 valence electrons. The standard InChI is InChI=1S/C20H22N4O3/c1-12(25)22-9-7-15-16-11-14(27-3)4-5-17(16)24-19(15)18-10-13(6-8-23-18)20(26)21-2/h4-6,8,10-11,24H,7,9H2,1-3H3,(H,21,26)(H,22,25). The first-order valence-electron chi connectivity index (χ1n) is 8.65. The SMILES string of the molecule is CNC(=O)c1ccnc(-c2[nH]c3ccc(OC)cc3c2CCNC(C)=O)c1. The Morgan fingerprint density at radius 1 is 1.22 bits per heavy atom. The van der Waals surface area contributed by atoms with Gasteiger partial charge in [0.2, 0.25) is 5.91 Å². The quantitative estimate of drug-likeness (QED) is 0.624. The lowest BCUT2D eigenvalue weighted by Crippen LogP contribution is -2.22. The van der Waals surface area contributed by atoms with Crippen LogP contribution in [-0.2, 0) is 11.2 Å². The fraction of sp³-hybridized carbons (Fsp3) is 0.250. The normalized spacial score (nSPS) is 10.6. The van der Waals surface area contributed by atoms with Crippen molar-refractivity contribution >= 4 is 22.7 Å². The number of aromatic nitrogens is 2. The van der Waals surface area contributed by atoms with Crippen LogP contribution in [-0.4, -0.2) is 42.5 Å². The molecule has 0 bridgehead atoms. The third-order valence-electron chi connectivity index (χ3n) is 4.37. The Bertz CT molecular complexity index is 994. The van der Waals surface area contributed by atoms with Crippen molar-refractivity contribution in [2.75, 3.05) is 20.7 Å². The van der Waals surface area contributed by atoms with Gasteiger partial charge in [-0.2, -0.15) is 0 Å². The Kier molecular flexibility index (Phi) is 5.40. The number of ether oxygens (including phenoxy) is 1. The number of carbonyl (C=O) groups excluding carboxylic acids is 2. The van der Waals surface area contributed by atoms with Crippen molar-refractivity contribution in [3.63, 3.8) is 0 Å². The molecule has 0 spiro atoms. The molecule has 0 aliphatic heterocycles. The Labute approximate surface area is 157 Å². The van der Waals surface area contributed by atoms with E-state index in [0.717, 1.165) is 27.9 Å². The van der Waals surface area contributed by atoms with Gasteiger partial charge >= 0.3 is 0 Å². The van der Waals surface area contributed by atoms with E-state index in [1.807, 2.05) is 18.2 Å². The molecule has 0 fully saturated rings. The second kappa shape index (κ2) is 7.90. The number of rotatable bonds is 6. The molecule has 7 nitrogen and oxygen atoms in total. The summed E-state index contributed by atoms with van der Waals surface area (Å²) in [7, 11) is 3.22. The van der Waals surface area contributed by atoms with E-state index >= 15 is 0 Å². The zero-order valence-corrected chi connectivity index (χ0v) is 15.6. The maximum Gasteiger partial charge on any atom is 0.251 e. The zero-order chi connectivity index (χ0) is 19.4. The molecule has 3 rings (SSSR count). The van der Waals surface area contributed by atoms with Gasteiger partial charge in [-0.3, -0.25) is 14.6 Å². The molecule has 7 heteroatoms. The van der Waals surface area contributed by atoms with Gasteiger partial charge in [-0.05, 0) is 42.3 Å². The molecular formula is C20H22N4O3. The number of fused-ring (bicyclic) bond motifs is 1. The maximum absolute atomic E-state index is 12.0. The van der Waals surface area contributed by atoms with Crippen LogP contribution in [0.5, 0.6) is 5.75 Å². The molecule has 3 N–H and O–H groups in total. The highest BCUT2D eigenvalue weighted by atomic mass is 16.5. The highest BCUT2D eigenvalue weighted by Gasteiger charge is 2.16. The number of amides is 2. The topological polar surface area (TPSA) is 96.1 Å². The number of aromatic amines is 1. The number of carbonyl (C=O) groups is 2. The van der Waals surface area contributed by atoms with Gasteiger partial charge < -0.3 is 20.4 Å². The summed E-state index contributed by atoms with van der Waals surface area (Å²) < 4.78 is 5.35. The van der Waals surface area contributed by atoms with Crippen LogP contribution in [0.1, 0.15) is 22.8 Å². The van der Waals surface area contributed by atoms with Crippen LogP contribution in [0, 0.1) is 0 Å². The summed E-state index contributed by atoms with van der Waals surface area (Å²) in [6.07, 6.45) is 2.23. The predicted octanol–water partition coefficient (Wildman–Crippen LogP) is 2.28. The third kappa shape index (κ3) is 3.92. The van der Waals surface area contributed by atoms with Crippen LogP contribution in [0.25, 0.3) is 22.3 Å². The fourth-order valence-electron chi connectivity index (χ4n) is 3.05. The van der Waals surface area contributed by atoms with Gasteiger partial charge in [0.1, 0.15) is 5.75 Å². The third-order valence-corrected chi connectivity index (χ3v) is 4.37. The minimum absolute atomic E-state index is 0.0753. The zero-order valence-electron chi connectivity index (χ0n) is 15.6. The molecule has 0 aliphatic carbocycles. The van der Waals surface area contributed by atoms with Crippen molar-refractivity contribution in [3.8, 4) is 17.1 Å². The second-order valence-electron chi connectivity index (χ2n) is 6.13. The van der Waals surface area contributed by atoms with Crippen LogP contribution < -0.4 is 15.4 Å². The molecule has 1 aromatic carbocycles. The van der Waals surface area contributed by atoms with Crippen molar-refractivity contribution in [2.45, 2.75) is 13.3 Å².